The molecule has 0 radical (unpaired) electrons. The van der Waals surface area contributed by atoms with Crippen LogP contribution >= 0.6 is 7.92 Å². The van der Waals surface area contributed by atoms with Crippen LogP contribution in [0.4, 0.5) is 0 Å². The van der Waals surface area contributed by atoms with Crippen molar-refractivity contribution < 1.29 is 4.79 Å². The van der Waals surface area contributed by atoms with Crippen LogP contribution in [0.15, 0.2) is 36.4 Å². The zero-order chi connectivity index (χ0) is 13.5. The predicted molar refractivity (Wildman–Crippen MR) is 80.4 cm³/mol. The summed E-state index contributed by atoms with van der Waals surface area (Å²) in [5.41, 5.74) is 3.24. The molecule has 3 heteroatoms. The molecule has 1 rings (SSSR count). The predicted octanol–water partition coefficient (Wildman–Crippen LogP) is 3.16. The summed E-state index contributed by atoms with van der Waals surface area (Å²) >= 11 is 0. The van der Waals surface area contributed by atoms with E-state index in [9.17, 15) is 4.79 Å². The first-order valence-electron chi connectivity index (χ1n) is 6.15. The average Bonchev–Trinajstić information content (AvgIpc) is 2.28. The maximum Gasteiger partial charge on any atom is 0.246 e. The highest BCUT2D eigenvalue weighted by atomic mass is 31.1. The van der Waals surface area contributed by atoms with E-state index in [0.717, 1.165) is 6.42 Å². The summed E-state index contributed by atoms with van der Waals surface area (Å²) in [5, 5.41) is 2.86. The van der Waals surface area contributed by atoms with Gasteiger partial charge < -0.3 is 5.32 Å². The van der Waals surface area contributed by atoms with Crippen LogP contribution in [0.2, 0.25) is 0 Å². The van der Waals surface area contributed by atoms with Crippen LogP contribution in [0.1, 0.15) is 18.1 Å². The fourth-order valence-corrected chi connectivity index (χ4v) is 2.65. The molecule has 1 aromatic rings. The molecule has 18 heavy (non-hydrogen) atoms. The highest BCUT2D eigenvalue weighted by Crippen LogP contribution is 2.30. The lowest BCUT2D eigenvalue weighted by atomic mass is 10.1. The van der Waals surface area contributed by atoms with Crippen molar-refractivity contribution in [3.63, 3.8) is 0 Å². The molecule has 0 unspecified atom stereocenters. The third-order valence-electron chi connectivity index (χ3n) is 2.58. The lowest BCUT2D eigenvalue weighted by molar-refractivity contribution is -0.117. The first kappa shape index (κ1) is 14.9. The Morgan fingerprint density at radius 1 is 1.33 bits per heavy atom. The highest BCUT2D eigenvalue weighted by molar-refractivity contribution is 7.55. The van der Waals surface area contributed by atoms with Gasteiger partial charge in [0.05, 0.1) is 0 Å². The molecule has 0 bridgehead atoms. The van der Waals surface area contributed by atoms with Gasteiger partial charge in [0.1, 0.15) is 0 Å². The normalized spacial score (nSPS) is 10.4. The molecule has 0 saturated carbocycles. The smallest absolute Gasteiger partial charge is 0.246 e. The van der Waals surface area contributed by atoms with Gasteiger partial charge in [0, 0.05) is 12.1 Å². The number of rotatable bonds is 6. The lowest BCUT2D eigenvalue weighted by Crippen LogP contribution is -2.25. The molecular weight excluding hydrogens is 241 g/mol. The summed E-state index contributed by atoms with van der Waals surface area (Å²) in [4.78, 5) is 11.3. The molecule has 1 aromatic carbocycles. The molecule has 1 N–H and O–H groups in total. The summed E-state index contributed by atoms with van der Waals surface area (Å²) in [5.74, 6) is -0.0585. The Morgan fingerprint density at radius 2 is 2.00 bits per heavy atom. The SMILES string of the molecule is C=C(C)C(=O)NCCc1cccc(CP(C)C)c1. The van der Waals surface area contributed by atoms with Gasteiger partial charge in [0.2, 0.25) is 5.91 Å². The molecular formula is C15H22NOP. The minimum atomic E-state index is -0.0585. The number of carbonyl (C=O) groups excluding carboxylic acids is 1. The monoisotopic (exact) mass is 263 g/mol. The van der Waals surface area contributed by atoms with Crippen LogP contribution < -0.4 is 5.32 Å². The van der Waals surface area contributed by atoms with Crippen LogP contribution in [0, 0.1) is 0 Å². The number of nitrogens with one attached hydrogen (secondary N) is 1. The first-order valence-corrected chi connectivity index (χ1v) is 8.57. The van der Waals surface area contributed by atoms with Gasteiger partial charge in [0.25, 0.3) is 0 Å². The zero-order valence-corrected chi connectivity index (χ0v) is 12.4. The fraction of sp³-hybridized carbons (Fsp3) is 0.400. The standard InChI is InChI=1S/C15H22NOP/c1-12(2)15(17)16-9-8-13-6-5-7-14(10-13)11-18(3)4/h5-7,10H,1,8-9,11H2,2-4H3,(H,16,17). The van der Waals surface area contributed by atoms with Gasteiger partial charge in [-0.3, -0.25) is 4.79 Å². The third-order valence-corrected chi connectivity index (χ3v) is 3.57. The van der Waals surface area contributed by atoms with Crippen molar-refractivity contribution in [3.05, 3.63) is 47.5 Å². The maximum atomic E-state index is 11.3. The van der Waals surface area contributed by atoms with E-state index in [-0.39, 0.29) is 13.8 Å². The van der Waals surface area contributed by atoms with E-state index >= 15 is 0 Å². The minimum absolute atomic E-state index is 0.0585. The summed E-state index contributed by atoms with van der Waals surface area (Å²) in [6.07, 6.45) is 2.04. The second kappa shape index (κ2) is 7.33. The van der Waals surface area contributed by atoms with E-state index in [2.05, 4.69) is 49.5 Å². The molecule has 0 aliphatic carbocycles. The van der Waals surface area contributed by atoms with Crippen LogP contribution in [0.5, 0.6) is 0 Å². The van der Waals surface area contributed by atoms with Gasteiger partial charge in [-0.1, -0.05) is 30.8 Å². The van der Waals surface area contributed by atoms with E-state index in [4.69, 9.17) is 0 Å². The number of carbonyl (C=O) groups is 1. The molecule has 98 valence electrons. The van der Waals surface area contributed by atoms with E-state index in [1.165, 1.54) is 17.3 Å². The first-order chi connectivity index (χ1) is 8.49. The number of hydrogen-bond donors (Lipinski definition) is 1. The van der Waals surface area contributed by atoms with Crippen molar-refractivity contribution >= 4 is 13.8 Å². The Labute approximate surface area is 111 Å². The Morgan fingerprint density at radius 3 is 2.61 bits per heavy atom. The van der Waals surface area contributed by atoms with Gasteiger partial charge in [-0.25, -0.2) is 0 Å². The topological polar surface area (TPSA) is 29.1 Å². The van der Waals surface area contributed by atoms with Gasteiger partial charge in [-0.05, 0) is 44.0 Å². The maximum absolute atomic E-state index is 11.3. The second-order valence-electron chi connectivity index (χ2n) is 4.84. The Bertz CT molecular complexity index is 426. The van der Waals surface area contributed by atoms with Crippen molar-refractivity contribution in [2.75, 3.05) is 19.9 Å². The molecule has 0 atom stereocenters. The average molecular weight is 263 g/mol. The van der Waals surface area contributed by atoms with Crippen LogP contribution in [-0.4, -0.2) is 25.8 Å². The van der Waals surface area contributed by atoms with E-state index in [0.29, 0.717) is 12.1 Å². The fourth-order valence-electron chi connectivity index (χ4n) is 1.72. The van der Waals surface area contributed by atoms with Crippen molar-refractivity contribution in [2.24, 2.45) is 0 Å². The quantitative estimate of drug-likeness (QED) is 0.620. The summed E-state index contributed by atoms with van der Waals surface area (Å²) in [6.45, 7) is 10.6. The molecule has 0 fully saturated rings. The van der Waals surface area contributed by atoms with E-state index in [1.807, 2.05) is 0 Å². The van der Waals surface area contributed by atoms with Gasteiger partial charge >= 0.3 is 0 Å². The number of benzene rings is 1. The van der Waals surface area contributed by atoms with E-state index in [1.54, 1.807) is 6.92 Å². The van der Waals surface area contributed by atoms with E-state index < -0.39 is 0 Å². The third kappa shape index (κ3) is 5.46. The number of amides is 1. The highest BCUT2D eigenvalue weighted by Gasteiger charge is 2.02. The molecule has 0 aliphatic rings. The van der Waals surface area contributed by atoms with Crippen molar-refractivity contribution in [2.45, 2.75) is 19.5 Å². The number of hydrogen-bond acceptors (Lipinski definition) is 1. The molecule has 0 heterocycles. The van der Waals surface area contributed by atoms with Crippen LogP contribution in [0.3, 0.4) is 0 Å². The van der Waals surface area contributed by atoms with Crippen LogP contribution in [-0.2, 0) is 17.4 Å². The molecule has 0 spiro atoms. The second-order valence-corrected chi connectivity index (χ2v) is 7.32. The van der Waals surface area contributed by atoms with Crippen molar-refractivity contribution in [1.82, 2.24) is 5.32 Å². The summed E-state index contributed by atoms with van der Waals surface area (Å²) < 4.78 is 0. The summed E-state index contributed by atoms with van der Waals surface area (Å²) in [6, 6.07) is 8.64. The Kier molecular flexibility index (Phi) is 6.07. The molecule has 0 aromatic heterocycles. The largest absolute Gasteiger partial charge is 0.352 e. The van der Waals surface area contributed by atoms with Gasteiger partial charge in [-0.15, -0.1) is 7.92 Å². The minimum Gasteiger partial charge on any atom is -0.352 e. The lowest BCUT2D eigenvalue weighted by Gasteiger charge is -2.09. The molecule has 0 aliphatic heterocycles. The summed E-state index contributed by atoms with van der Waals surface area (Å²) in [7, 11) is 0.0977. The van der Waals surface area contributed by atoms with Crippen LogP contribution in [0.25, 0.3) is 0 Å². The van der Waals surface area contributed by atoms with Gasteiger partial charge in [-0.2, -0.15) is 0 Å². The van der Waals surface area contributed by atoms with Gasteiger partial charge in [0.15, 0.2) is 0 Å². The molecule has 2 nitrogen and oxygen atoms in total. The Balaban J connectivity index is 2.47. The van der Waals surface area contributed by atoms with Crippen molar-refractivity contribution in [1.29, 1.82) is 0 Å². The molecule has 1 amide bonds. The van der Waals surface area contributed by atoms with Crippen molar-refractivity contribution in [3.8, 4) is 0 Å². The zero-order valence-electron chi connectivity index (χ0n) is 11.5. The Hall–Kier alpha value is -1.14. The molecule has 0 saturated heterocycles.